The Labute approximate surface area is 122 Å². The maximum Gasteiger partial charge on any atom is 0.352 e. The Hall–Kier alpha value is -1.44. The van der Waals surface area contributed by atoms with Crippen LogP contribution in [-0.2, 0) is 14.4 Å². The van der Waals surface area contributed by atoms with E-state index in [0.29, 0.717) is 12.0 Å². The van der Waals surface area contributed by atoms with Crippen LogP contribution in [0.1, 0.15) is 20.3 Å². The number of amides is 1. The molecule has 1 amide bonds. The molecule has 3 heterocycles. The van der Waals surface area contributed by atoms with Crippen molar-refractivity contribution >= 4 is 11.9 Å². The van der Waals surface area contributed by atoms with E-state index in [2.05, 4.69) is 0 Å². The highest BCUT2D eigenvalue weighted by Gasteiger charge is 2.61. The highest BCUT2D eigenvalue weighted by atomic mass is 16.7. The summed E-state index contributed by atoms with van der Waals surface area (Å²) in [5.74, 6) is -2.05. The van der Waals surface area contributed by atoms with Crippen molar-refractivity contribution in [2.45, 2.75) is 38.5 Å². The van der Waals surface area contributed by atoms with Gasteiger partial charge in [0.05, 0.1) is 18.1 Å². The van der Waals surface area contributed by atoms with Crippen molar-refractivity contribution in [3.63, 3.8) is 0 Å². The number of β-lactam (4-membered cyclic amide) rings is 1. The van der Waals surface area contributed by atoms with Crippen LogP contribution in [0.25, 0.3) is 0 Å². The molecule has 2 saturated heterocycles. The average molecular weight is 296 g/mol. The molecule has 21 heavy (non-hydrogen) atoms. The largest absolute Gasteiger partial charge is 0.477 e. The van der Waals surface area contributed by atoms with E-state index in [1.807, 2.05) is 6.92 Å². The van der Waals surface area contributed by atoms with Crippen molar-refractivity contribution in [1.82, 2.24) is 9.96 Å². The van der Waals surface area contributed by atoms with Crippen molar-refractivity contribution in [2.24, 2.45) is 11.8 Å². The van der Waals surface area contributed by atoms with E-state index in [-0.39, 0.29) is 29.7 Å². The van der Waals surface area contributed by atoms with Crippen molar-refractivity contribution in [3.8, 4) is 0 Å². The highest BCUT2D eigenvalue weighted by molar-refractivity contribution is 6.00. The lowest BCUT2D eigenvalue weighted by atomic mass is 9.77. The molecule has 3 aliphatic rings. The molecule has 7 nitrogen and oxygen atoms in total. The predicted molar refractivity (Wildman–Crippen MR) is 71.8 cm³/mol. The summed E-state index contributed by atoms with van der Waals surface area (Å²) < 4.78 is 0. The smallest absolute Gasteiger partial charge is 0.352 e. The third-order valence-electron chi connectivity index (χ3n) is 4.79. The molecule has 116 valence electrons. The summed E-state index contributed by atoms with van der Waals surface area (Å²) in [6.45, 7) is 4.21. The predicted octanol–water partition coefficient (Wildman–Crippen LogP) is -0.182. The number of aliphatic hydroxyl groups is 1. The monoisotopic (exact) mass is 296 g/mol. The van der Waals surface area contributed by atoms with Crippen LogP contribution in [0.15, 0.2) is 11.3 Å². The Balaban J connectivity index is 1.98. The first-order valence-electron chi connectivity index (χ1n) is 7.21. The molecule has 5 atom stereocenters. The number of carbonyl (C=O) groups excluding carboxylic acids is 1. The Morgan fingerprint density at radius 2 is 2.14 bits per heavy atom. The van der Waals surface area contributed by atoms with E-state index < -0.39 is 18.0 Å². The van der Waals surface area contributed by atoms with Gasteiger partial charge in [0.15, 0.2) is 0 Å². The normalized spacial score (nSPS) is 37.7. The molecule has 0 unspecified atom stereocenters. The number of carbonyl (C=O) groups is 2. The standard InChI is InChI=1S/C14H20N2O5/c1-6-9(8-4-5-15(3)21-8)12(14(19)20)16-11(6)10(7(2)17)13(16)18/h6-8,10-11,17H,4-5H2,1-3H3,(H,19,20)/t6-,7+,8-,10+,11-/m0/s1. The first-order chi connectivity index (χ1) is 9.84. The van der Waals surface area contributed by atoms with Gasteiger partial charge in [-0.05, 0) is 18.9 Å². The minimum Gasteiger partial charge on any atom is -0.477 e. The first kappa shape index (κ1) is 14.5. The summed E-state index contributed by atoms with van der Waals surface area (Å²) in [7, 11) is 1.80. The third-order valence-corrected chi connectivity index (χ3v) is 4.79. The Morgan fingerprint density at radius 1 is 1.48 bits per heavy atom. The van der Waals surface area contributed by atoms with E-state index in [1.165, 1.54) is 4.90 Å². The van der Waals surface area contributed by atoms with Crippen molar-refractivity contribution in [1.29, 1.82) is 0 Å². The molecule has 0 aromatic rings. The summed E-state index contributed by atoms with van der Waals surface area (Å²) >= 11 is 0. The zero-order chi connectivity index (χ0) is 15.5. The number of rotatable bonds is 3. The van der Waals surface area contributed by atoms with Crippen LogP contribution in [-0.4, -0.2) is 63.9 Å². The zero-order valence-corrected chi connectivity index (χ0v) is 12.3. The van der Waals surface area contributed by atoms with Crippen LogP contribution in [0.5, 0.6) is 0 Å². The van der Waals surface area contributed by atoms with E-state index >= 15 is 0 Å². The second kappa shape index (κ2) is 4.79. The SMILES string of the molecule is C[C@@H](O)[C@H]1C(=O)N2C(C(=O)O)=C([C@@H]3CCN(C)O3)[C@H](C)[C@@H]12. The average Bonchev–Trinajstić information content (AvgIpc) is 2.89. The molecule has 0 saturated carbocycles. The second-order valence-electron chi connectivity index (χ2n) is 6.10. The van der Waals surface area contributed by atoms with Gasteiger partial charge in [0.1, 0.15) is 11.8 Å². The quantitative estimate of drug-likeness (QED) is 0.702. The van der Waals surface area contributed by atoms with E-state index in [9.17, 15) is 19.8 Å². The van der Waals surface area contributed by atoms with Gasteiger partial charge in [-0.3, -0.25) is 9.63 Å². The molecule has 3 aliphatic heterocycles. The number of fused-ring (bicyclic) bond motifs is 1. The van der Waals surface area contributed by atoms with E-state index in [1.54, 1.807) is 19.0 Å². The van der Waals surface area contributed by atoms with Crippen LogP contribution in [0, 0.1) is 11.8 Å². The molecule has 2 fully saturated rings. The molecular weight excluding hydrogens is 276 g/mol. The summed E-state index contributed by atoms with van der Waals surface area (Å²) in [5.41, 5.74) is 0.725. The van der Waals surface area contributed by atoms with E-state index in [4.69, 9.17) is 4.84 Å². The van der Waals surface area contributed by atoms with Crippen LogP contribution in [0.2, 0.25) is 0 Å². The number of nitrogens with zero attached hydrogens (tertiary/aromatic N) is 2. The minimum atomic E-state index is -1.10. The van der Waals surface area contributed by atoms with Crippen molar-refractivity contribution in [2.75, 3.05) is 13.6 Å². The first-order valence-corrected chi connectivity index (χ1v) is 7.21. The van der Waals surface area contributed by atoms with Gasteiger partial charge in [-0.25, -0.2) is 4.79 Å². The Kier molecular flexibility index (Phi) is 3.31. The van der Waals surface area contributed by atoms with Gasteiger partial charge in [0.2, 0.25) is 5.91 Å². The zero-order valence-electron chi connectivity index (χ0n) is 12.3. The van der Waals surface area contributed by atoms with Crippen LogP contribution in [0.3, 0.4) is 0 Å². The van der Waals surface area contributed by atoms with Gasteiger partial charge in [0, 0.05) is 19.5 Å². The van der Waals surface area contributed by atoms with Gasteiger partial charge in [-0.1, -0.05) is 6.92 Å². The Morgan fingerprint density at radius 3 is 2.62 bits per heavy atom. The molecule has 0 spiro atoms. The number of carboxylic acids is 1. The topological polar surface area (TPSA) is 90.3 Å². The fraction of sp³-hybridized carbons (Fsp3) is 0.714. The van der Waals surface area contributed by atoms with Gasteiger partial charge < -0.3 is 15.1 Å². The van der Waals surface area contributed by atoms with Crippen LogP contribution < -0.4 is 0 Å². The number of carboxylic acid groups (broad SMARTS) is 1. The molecule has 2 N–H and O–H groups in total. The van der Waals surface area contributed by atoms with Crippen LogP contribution >= 0.6 is 0 Å². The molecule has 3 rings (SSSR count). The van der Waals surface area contributed by atoms with Gasteiger partial charge >= 0.3 is 5.97 Å². The van der Waals surface area contributed by atoms with Crippen molar-refractivity contribution < 1.29 is 24.6 Å². The molecule has 0 aromatic heterocycles. The van der Waals surface area contributed by atoms with Gasteiger partial charge in [-0.2, -0.15) is 5.06 Å². The van der Waals surface area contributed by atoms with Gasteiger partial charge in [-0.15, -0.1) is 0 Å². The summed E-state index contributed by atoms with van der Waals surface area (Å²) in [6, 6.07) is -0.270. The highest BCUT2D eigenvalue weighted by Crippen LogP contribution is 2.49. The fourth-order valence-electron chi connectivity index (χ4n) is 3.86. The number of aliphatic carboxylic acids is 1. The molecule has 0 bridgehead atoms. The third kappa shape index (κ3) is 1.91. The summed E-state index contributed by atoms with van der Waals surface area (Å²) in [5, 5.41) is 21.0. The molecule has 0 radical (unpaired) electrons. The van der Waals surface area contributed by atoms with E-state index in [0.717, 1.165) is 6.54 Å². The second-order valence-corrected chi connectivity index (χ2v) is 6.10. The molecular formula is C14H20N2O5. The fourth-order valence-corrected chi connectivity index (χ4v) is 3.86. The minimum absolute atomic E-state index is 0.0506. The maximum atomic E-state index is 12.2. The number of hydrogen-bond acceptors (Lipinski definition) is 5. The Bertz CT molecular complexity index is 529. The molecule has 7 heteroatoms. The number of hydrogen-bond donors (Lipinski definition) is 2. The molecule has 0 aromatic carbocycles. The lowest BCUT2D eigenvalue weighted by Gasteiger charge is -2.46. The summed E-state index contributed by atoms with van der Waals surface area (Å²) in [6.07, 6.45) is -0.368. The lowest BCUT2D eigenvalue weighted by Crippen LogP contribution is -2.63. The van der Waals surface area contributed by atoms with Crippen molar-refractivity contribution in [3.05, 3.63) is 11.3 Å². The van der Waals surface area contributed by atoms with Gasteiger partial charge in [0.25, 0.3) is 0 Å². The maximum absolute atomic E-state index is 12.2. The summed E-state index contributed by atoms with van der Waals surface area (Å²) in [4.78, 5) is 30.8. The number of hydroxylamine groups is 2. The van der Waals surface area contributed by atoms with Crippen LogP contribution in [0.4, 0.5) is 0 Å². The molecule has 0 aliphatic carbocycles. The lowest BCUT2D eigenvalue weighted by molar-refractivity contribution is -0.163. The number of aliphatic hydroxyl groups excluding tert-OH is 1.